The molecule has 4 nitrogen and oxygen atoms in total. The van der Waals surface area contributed by atoms with Gasteiger partial charge in [-0.25, -0.2) is 9.59 Å². The van der Waals surface area contributed by atoms with Crippen LogP contribution >= 0.6 is 10.3 Å². The smallest absolute Gasteiger partial charge is 1.00 e. The van der Waals surface area contributed by atoms with Gasteiger partial charge in [0, 0.05) is 14.7 Å². The minimum atomic E-state index is -2.41. The molecule has 0 unspecified atom stereocenters. The second-order valence-electron chi connectivity index (χ2n) is 6.75. The van der Waals surface area contributed by atoms with E-state index in [9.17, 15) is 14.7 Å². The van der Waals surface area contributed by atoms with Crippen LogP contribution in [0.2, 0.25) is 0 Å². The third kappa shape index (κ3) is 4.81. The zero-order chi connectivity index (χ0) is 21.7. The normalized spacial score (nSPS) is 11.1. The van der Waals surface area contributed by atoms with Crippen LogP contribution in [0.25, 0.3) is 0 Å². The van der Waals surface area contributed by atoms with Gasteiger partial charge in [0.15, 0.2) is 0 Å². The van der Waals surface area contributed by atoms with Gasteiger partial charge < -0.3 is 10.7 Å². The van der Waals surface area contributed by atoms with Crippen molar-refractivity contribution < 1.29 is 49.9 Å². The quantitative estimate of drug-likeness (QED) is 0.455. The van der Waals surface area contributed by atoms with Crippen LogP contribution in [0.5, 0.6) is 0 Å². The van der Waals surface area contributed by atoms with Crippen molar-refractivity contribution >= 4 is 22.2 Å². The topological polar surface area (TPSA) is 63.6 Å². The Hall–Kier alpha value is -2.83. The van der Waals surface area contributed by atoms with Crippen molar-refractivity contribution in [2.24, 2.45) is 0 Å². The Morgan fingerprint density at radius 1 is 0.625 bits per heavy atom. The Kier molecular flexibility index (Phi) is 7.94. The molecule has 0 fully saturated rings. The van der Waals surface area contributed by atoms with Crippen molar-refractivity contribution in [3.63, 3.8) is 0 Å². The fourth-order valence-electron chi connectivity index (χ4n) is 3.33. The fourth-order valence-corrected chi connectivity index (χ4v) is 6.38. The summed E-state index contributed by atoms with van der Waals surface area (Å²) >= 11 is 0. The summed E-state index contributed by atoms with van der Waals surface area (Å²) in [6, 6.07) is 34.9. The maximum Gasteiger partial charge on any atom is 1.00 e. The average molecular weight is 453 g/mol. The maximum atomic E-state index is 13.4. The van der Waals surface area contributed by atoms with Crippen molar-refractivity contribution in [1.29, 1.82) is 0 Å². The number of aromatic carboxylic acids is 1. The summed E-state index contributed by atoms with van der Waals surface area (Å²) in [4.78, 5) is 27.4. The van der Waals surface area contributed by atoms with Gasteiger partial charge in [0.05, 0.1) is 11.1 Å². The van der Waals surface area contributed by atoms with E-state index in [1.807, 2.05) is 91.0 Å². The summed E-state index contributed by atoms with van der Waals surface area (Å²) in [5.74, 6) is -1.67. The summed E-state index contributed by atoms with van der Waals surface area (Å²) in [5.41, 5.74) is 0.230. The molecule has 0 aromatic heterocycles. The average Bonchev–Trinajstić information content (AvgIpc) is 2.84. The Balaban J connectivity index is 0.00000193. The SMILES string of the molecule is O=C(O)c1cccc(C(=O)OS(c2ccccc2)(c2ccccc2)c2ccccc2)c1.[H-].[Na+]. The van der Waals surface area contributed by atoms with Gasteiger partial charge in [0.25, 0.3) is 0 Å². The predicted octanol–water partition coefficient (Wildman–Crippen LogP) is 3.56. The Morgan fingerprint density at radius 3 is 1.44 bits per heavy atom. The first kappa shape index (κ1) is 23.8. The van der Waals surface area contributed by atoms with Gasteiger partial charge in [-0.3, -0.25) is 0 Å². The van der Waals surface area contributed by atoms with E-state index >= 15 is 0 Å². The van der Waals surface area contributed by atoms with E-state index < -0.39 is 22.2 Å². The number of hydrogen-bond donors (Lipinski definition) is 1. The van der Waals surface area contributed by atoms with Gasteiger partial charge in [-0.05, 0) is 64.9 Å². The van der Waals surface area contributed by atoms with Gasteiger partial charge in [-0.2, -0.15) is 0 Å². The zero-order valence-electron chi connectivity index (χ0n) is 18.5. The second kappa shape index (κ2) is 10.7. The van der Waals surface area contributed by atoms with E-state index in [1.54, 1.807) is 12.1 Å². The molecule has 4 aromatic rings. The molecule has 0 saturated heterocycles. The van der Waals surface area contributed by atoms with Crippen molar-refractivity contribution in [2.45, 2.75) is 14.7 Å². The molecule has 0 atom stereocenters. The molecule has 4 aromatic carbocycles. The number of benzene rings is 4. The Morgan fingerprint density at radius 2 is 1.03 bits per heavy atom. The number of rotatable bonds is 6. The molecule has 0 radical (unpaired) electrons. The van der Waals surface area contributed by atoms with Crippen molar-refractivity contribution in [3.05, 3.63) is 126 Å². The van der Waals surface area contributed by atoms with Crippen LogP contribution in [0, 0.1) is 0 Å². The molecule has 0 bridgehead atoms. The number of carbonyl (C=O) groups excluding carboxylic acids is 1. The van der Waals surface area contributed by atoms with E-state index in [-0.39, 0.29) is 42.1 Å². The van der Waals surface area contributed by atoms with Crippen LogP contribution in [0.4, 0.5) is 0 Å². The Labute approximate surface area is 212 Å². The van der Waals surface area contributed by atoms with Crippen LogP contribution in [-0.4, -0.2) is 17.0 Å². The Bertz CT molecular complexity index is 1110. The monoisotopic (exact) mass is 452 g/mol. The first-order chi connectivity index (χ1) is 15.1. The van der Waals surface area contributed by atoms with E-state index in [0.717, 1.165) is 14.7 Å². The molecule has 156 valence electrons. The number of carbonyl (C=O) groups is 2. The molecule has 1 N–H and O–H groups in total. The van der Waals surface area contributed by atoms with Crippen LogP contribution < -0.4 is 29.6 Å². The molecule has 0 amide bonds. The maximum absolute atomic E-state index is 13.4. The molecule has 4 rings (SSSR count). The van der Waals surface area contributed by atoms with Gasteiger partial charge in [-0.1, -0.05) is 60.7 Å². The fraction of sp³-hybridized carbons (Fsp3) is 0. The molecular formula is C26H21NaO4S. The van der Waals surface area contributed by atoms with Gasteiger partial charge in [-0.15, -0.1) is 0 Å². The molecule has 0 saturated carbocycles. The van der Waals surface area contributed by atoms with Crippen LogP contribution in [0.1, 0.15) is 22.1 Å². The minimum Gasteiger partial charge on any atom is -1.00 e. The van der Waals surface area contributed by atoms with Crippen LogP contribution in [0.3, 0.4) is 0 Å². The summed E-state index contributed by atoms with van der Waals surface area (Å²) < 4.78 is 6.37. The summed E-state index contributed by atoms with van der Waals surface area (Å²) in [6.07, 6.45) is 0. The molecule has 6 heteroatoms. The van der Waals surface area contributed by atoms with Gasteiger partial charge in [0.1, 0.15) is 0 Å². The van der Waals surface area contributed by atoms with Gasteiger partial charge in [0.2, 0.25) is 0 Å². The molecule has 0 aliphatic heterocycles. The van der Waals surface area contributed by atoms with Gasteiger partial charge >= 0.3 is 41.5 Å². The molecule has 0 aliphatic rings. The first-order valence-electron chi connectivity index (χ1n) is 9.67. The summed E-state index contributed by atoms with van der Waals surface area (Å²) in [5, 5.41) is 9.31. The molecule has 0 aliphatic carbocycles. The van der Waals surface area contributed by atoms with Crippen molar-refractivity contribution in [3.8, 4) is 0 Å². The van der Waals surface area contributed by atoms with Crippen molar-refractivity contribution in [1.82, 2.24) is 0 Å². The number of hydrogen-bond acceptors (Lipinski definition) is 3. The predicted molar refractivity (Wildman–Crippen MR) is 122 cm³/mol. The molecule has 32 heavy (non-hydrogen) atoms. The molecule has 0 spiro atoms. The first-order valence-corrected chi connectivity index (χ1v) is 11.2. The standard InChI is InChI=1S/C26H20O4S.Na.H/c27-25(28)20-11-10-12-21(19-20)26(29)30-31(22-13-4-1-5-14-22,23-15-6-2-7-16-23)24-17-8-3-9-18-24;;/h1-19H,(H,27,28);;/q;+1;-1. The molecular weight excluding hydrogens is 431 g/mol. The van der Waals surface area contributed by atoms with E-state index in [1.165, 1.54) is 12.1 Å². The van der Waals surface area contributed by atoms with Crippen molar-refractivity contribution in [2.75, 3.05) is 0 Å². The largest absolute Gasteiger partial charge is 1.00 e. The molecule has 0 heterocycles. The second-order valence-corrected chi connectivity index (χ2v) is 9.45. The minimum absolute atomic E-state index is 0. The van der Waals surface area contributed by atoms with E-state index in [2.05, 4.69) is 0 Å². The van der Waals surface area contributed by atoms with Crippen LogP contribution in [0.15, 0.2) is 130 Å². The zero-order valence-corrected chi connectivity index (χ0v) is 20.4. The van der Waals surface area contributed by atoms with E-state index in [4.69, 9.17) is 4.18 Å². The number of carboxylic acid groups (broad SMARTS) is 1. The number of carboxylic acids is 1. The van der Waals surface area contributed by atoms with E-state index in [0.29, 0.717) is 0 Å². The third-order valence-electron chi connectivity index (χ3n) is 4.77. The summed E-state index contributed by atoms with van der Waals surface area (Å²) in [6.45, 7) is 0. The third-order valence-corrected chi connectivity index (χ3v) is 7.98. The summed E-state index contributed by atoms with van der Waals surface area (Å²) in [7, 11) is -2.41. The van der Waals surface area contributed by atoms with Crippen LogP contribution in [-0.2, 0) is 4.18 Å².